The summed E-state index contributed by atoms with van der Waals surface area (Å²) >= 11 is 3.45. The van der Waals surface area contributed by atoms with Crippen LogP contribution in [0, 0.1) is 0 Å². The van der Waals surface area contributed by atoms with E-state index in [0.717, 1.165) is 16.5 Å². The zero-order valence-corrected chi connectivity index (χ0v) is 9.52. The Bertz CT molecular complexity index is 318. The van der Waals surface area contributed by atoms with Crippen molar-refractivity contribution >= 4 is 21.7 Å². The van der Waals surface area contributed by atoms with Crippen LogP contribution in [-0.2, 0) is 6.42 Å². The number of halogens is 1. The Balaban J connectivity index is 3.06. The third-order valence-corrected chi connectivity index (χ3v) is 2.84. The molecule has 0 aliphatic heterocycles. The number of ketones is 1. The van der Waals surface area contributed by atoms with Crippen LogP contribution < -0.4 is 0 Å². The first-order chi connectivity index (χ1) is 6.19. The maximum atomic E-state index is 11.4. The summed E-state index contributed by atoms with van der Waals surface area (Å²) in [5.41, 5.74) is 2.02. The second kappa shape index (κ2) is 4.56. The van der Waals surface area contributed by atoms with E-state index >= 15 is 0 Å². The van der Waals surface area contributed by atoms with Crippen molar-refractivity contribution in [2.24, 2.45) is 0 Å². The van der Waals surface area contributed by atoms with E-state index in [0.29, 0.717) is 6.42 Å². The van der Waals surface area contributed by atoms with Crippen molar-refractivity contribution in [3.63, 3.8) is 0 Å². The Morgan fingerprint density at radius 3 is 2.62 bits per heavy atom. The van der Waals surface area contributed by atoms with Gasteiger partial charge in [-0.3, -0.25) is 4.79 Å². The van der Waals surface area contributed by atoms with Gasteiger partial charge in [-0.1, -0.05) is 35.8 Å². The van der Waals surface area contributed by atoms with E-state index < -0.39 is 0 Å². The molecular formula is C11H13BrO. The van der Waals surface area contributed by atoms with Crippen molar-refractivity contribution in [1.82, 2.24) is 0 Å². The number of carbonyl (C=O) groups is 1. The molecule has 1 aromatic carbocycles. The van der Waals surface area contributed by atoms with Crippen molar-refractivity contribution in [3.8, 4) is 0 Å². The van der Waals surface area contributed by atoms with Gasteiger partial charge in [0.15, 0.2) is 5.78 Å². The Kier molecular flexibility index (Phi) is 3.67. The molecule has 0 unspecified atom stereocenters. The monoisotopic (exact) mass is 240 g/mol. The topological polar surface area (TPSA) is 17.1 Å². The molecule has 2 heteroatoms. The van der Waals surface area contributed by atoms with Crippen LogP contribution in [0.5, 0.6) is 0 Å². The lowest BCUT2D eigenvalue weighted by Crippen LogP contribution is -1.97. The number of aryl methyl sites for hydroxylation is 1. The average Bonchev–Trinajstić information content (AvgIpc) is 2.17. The summed E-state index contributed by atoms with van der Waals surface area (Å²) in [7, 11) is 0. The molecule has 0 aromatic heterocycles. The molecule has 0 heterocycles. The molecule has 13 heavy (non-hydrogen) atoms. The number of carbonyl (C=O) groups excluding carboxylic acids is 1. The highest BCUT2D eigenvalue weighted by atomic mass is 79.9. The second-order valence-corrected chi connectivity index (χ2v) is 3.79. The van der Waals surface area contributed by atoms with Gasteiger partial charge in [0.25, 0.3) is 0 Å². The van der Waals surface area contributed by atoms with Crippen LogP contribution >= 0.6 is 15.9 Å². The van der Waals surface area contributed by atoms with Crippen LogP contribution in [0.25, 0.3) is 0 Å². The predicted octanol–water partition coefficient (Wildman–Crippen LogP) is 3.60. The molecule has 0 radical (unpaired) electrons. The van der Waals surface area contributed by atoms with Gasteiger partial charge in [-0.15, -0.1) is 0 Å². The van der Waals surface area contributed by atoms with E-state index in [4.69, 9.17) is 0 Å². The number of benzene rings is 1. The summed E-state index contributed by atoms with van der Waals surface area (Å²) in [5, 5.41) is 0. The van der Waals surface area contributed by atoms with Crippen LogP contribution in [0.15, 0.2) is 22.7 Å². The first-order valence-electron chi connectivity index (χ1n) is 4.50. The molecule has 0 aliphatic carbocycles. The van der Waals surface area contributed by atoms with Crippen LogP contribution in [0.4, 0.5) is 0 Å². The molecular weight excluding hydrogens is 228 g/mol. The molecule has 0 aliphatic rings. The predicted molar refractivity (Wildman–Crippen MR) is 58.1 cm³/mol. The van der Waals surface area contributed by atoms with E-state index in [1.54, 1.807) is 0 Å². The Hall–Kier alpha value is -0.630. The van der Waals surface area contributed by atoms with Gasteiger partial charge in [0.05, 0.1) is 0 Å². The molecule has 70 valence electrons. The minimum Gasteiger partial charge on any atom is -0.294 e. The third-order valence-electron chi connectivity index (χ3n) is 2.07. The Labute approximate surface area is 87.3 Å². The summed E-state index contributed by atoms with van der Waals surface area (Å²) in [6, 6.07) is 5.78. The average molecular weight is 241 g/mol. The normalized spacial score (nSPS) is 10.1. The van der Waals surface area contributed by atoms with E-state index in [1.165, 1.54) is 5.56 Å². The van der Waals surface area contributed by atoms with Crippen LogP contribution in [0.1, 0.15) is 36.2 Å². The van der Waals surface area contributed by atoms with Crippen LogP contribution in [0.3, 0.4) is 0 Å². The Morgan fingerprint density at radius 1 is 1.38 bits per heavy atom. The summed E-state index contributed by atoms with van der Waals surface area (Å²) in [6.45, 7) is 3.97. The molecule has 0 saturated carbocycles. The molecule has 1 rings (SSSR count). The summed E-state index contributed by atoms with van der Waals surface area (Å²) in [6.07, 6.45) is 1.52. The molecule has 0 atom stereocenters. The molecule has 1 aromatic rings. The smallest absolute Gasteiger partial charge is 0.162 e. The summed E-state index contributed by atoms with van der Waals surface area (Å²) < 4.78 is 1.09. The lowest BCUT2D eigenvalue weighted by atomic mass is 10.0. The van der Waals surface area contributed by atoms with Crippen molar-refractivity contribution in [1.29, 1.82) is 0 Å². The first kappa shape index (κ1) is 10.5. The highest BCUT2D eigenvalue weighted by Gasteiger charge is 2.05. The number of hydrogen-bond acceptors (Lipinski definition) is 1. The standard InChI is InChI=1S/C11H13BrO/c1-3-8-7-9(11(13)4-2)5-6-10(8)12/h5-7H,3-4H2,1-2H3. The highest BCUT2D eigenvalue weighted by Crippen LogP contribution is 2.19. The fraction of sp³-hybridized carbons (Fsp3) is 0.364. The number of rotatable bonds is 3. The fourth-order valence-electron chi connectivity index (χ4n) is 1.22. The van der Waals surface area contributed by atoms with Crippen molar-refractivity contribution in [3.05, 3.63) is 33.8 Å². The van der Waals surface area contributed by atoms with E-state index in [-0.39, 0.29) is 5.78 Å². The van der Waals surface area contributed by atoms with Crippen LogP contribution in [0.2, 0.25) is 0 Å². The zero-order chi connectivity index (χ0) is 9.84. The second-order valence-electron chi connectivity index (χ2n) is 2.94. The SMILES string of the molecule is CCC(=O)c1ccc(Br)c(CC)c1. The molecule has 0 bridgehead atoms. The van der Waals surface area contributed by atoms with Crippen LogP contribution in [-0.4, -0.2) is 5.78 Å². The van der Waals surface area contributed by atoms with Crippen molar-refractivity contribution < 1.29 is 4.79 Å². The van der Waals surface area contributed by atoms with Gasteiger partial charge >= 0.3 is 0 Å². The lowest BCUT2D eigenvalue weighted by Gasteiger charge is -2.03. The van der Waals surface area contributed by atoms with E-state index in [2.05, 4.69) is 22.9 Å². The largest absolute Gasteiger partial charge is 0.294 e. The molecule has 0 saturated heterocycles. The van der Waals surface area contributed by atoms with Gasteiger partial charge in [-0.05, 0) is 24.1 Å². The summed E-state index contributed by atoms with van der Waals surface area (Å²) in [4.78, 5) is 11.4. The van der Waals surface area contributed by atoms with Gasteiger partial charge in [-0.2, -0.15) is 0 Å². The maximum absolute atomic E-state index is 11.4. The third kappa shape index (κ3) is 2.41. The minimum absolute atomic E-state index is 0.210. The lowest BCUT2D eigenvalue weighted by molar-refractivity contribution is 0.0988. The van der Waals surface area contributed by atoms with E-state index in [9.17, 15) is 4.79 Å². The van der Waals surface area contributed by atoms with Crippen molar-refractivity contribution in [2.45, 2.75) is 26.7 Å². The summed E-state index contributed by atoms with van der Waals surface area (Å²) in [5.74, 6) is 0.210. The first-order valence-corrected chi connectivity index (χ1v) is 5.30. The molecule has 1 nitrogen and oxygen atoms in total. The van der Waals surface area contributed by atoms with Gasteiger partial charge in [0, 0.05) is 16.5 Å². The quantitative estimate of drug-likeness (QED) is 0.739. The number of hydrogen-bond donors (Lipinski definition) is 0. The fourth-order valence-corrected chi connectivity index (χ4v) is 1.75. The van der Waals surface area contributed by atoms with Gasteiger partial charge in [-0.25, -0.2) is 0 Å². The van der Waals surface area contributed by atoms with Gasteiger partial charge in [0.2, 0.25) is 0 Å². The molecule has 0 fully saturated rings. The minimum atomic E-state index is 0.210. The number of Topliss-reactive ketones (excluding diaryl/α,β-unsaturated/α-hetero) is 1. The van der Waals surface area contributed by atoms with Gasteiger partial charge in [0.1, 0.15) is 0 Å². The Morgan fingerprint density at radius 2 is 2.08 bits per heavy atom. The maximum Gasteiger partial charge on any atom is 0.162 e. The molecule has 0 N–H and O–H groups in total. The zero-order valence-electron chi connectivity index (χ0n) is 7.93. The highest BCUT2D eigenvalue weighted by molar-refractivity contribution is 9.10. The van der Waals surface area contributed by atoms with E-state index in [1.807, 2.05) is 25.1 Å². The van der Waals surface area contributed by atoms with Gasteiger partial charge < -0.3 is 0 Å². The molecule has 0 spiro atoms. The van der Waals surface area contributed by atoms with Crippen molar-refractivity contribution in [2.75, 3.05) is 0 Å². The molecule has 0 amide bonds.